The van der Waals surface area contributed by atoms with Gasteiger partial charge in [-0.3, -0.25) is 9.36 Å². The lowest BCUT2D eigenvalue weighted by Crippen LogP contribution is -2.27. The number of aryl methyl sites for hydroxylation is 1. The van der Waals surface area contributed by atoms with Gasteiger partial charge in [0.2, 0.25) is 11.9 Å². The number of carbonyl (C=O) groups excluding carboxylic acids is 1. The highest BCUT2D eigenvalue weighted by Crippen LogP contribution is 2.38. The van der Waals surface area contributed by atoms with Gasteiger partial charge in [0.05, 0.1) is 5.56 Å². The number of nitrogen functional groups attached to an aromatic ring is 1. The highest BCUT2D eigenvalue weighted by Gasteiger charge is 2.27. The van der Waals surface area contributed by atoms with Crippen LogP contribution < -0.4 is 11.1 Å². The molecule has 1 atom stereocenters. The van der Waals surface area contributed by atoms with Gasteiger partial charge < -0.3 is 11.1 Å². The largest absolute Gasteiger partial charge is 0.368 e. The van der Waals surface area contributed by atoms with E-state index >= 15 is 0 Å². The molecule has 1 aliphatic carbocycles. The Hall–Kier alpha value is -2.05. The smallest absolute Gasteiger partial charge is 0.248 e. The van der Waals surface area contributed by atoms with Crippen LogP contribution in [-0.2, 0) is 17.6 Å². The number of nitrogens with two attached hydrogens (primary N) is 1. The number of aromatic nitrogens is 3. The van der Waals surface area contributed by atoms with Gasteiger partial charge in [0.15, 0.2) is 5.16 Å². The topological polar surface area (TPSA) is 110 Å². The third-order valence-corrected chi connectivity index (χ3v) is 6.25. The van der Waals surface area contributed by atoms with Gasteiger partial charge in [0.25, 0.3) is 0 Å². The van der Waals surface area contributed by atoms with E-state index in [0.29, 0.717) is 22.1 Å². The number of thiophene rings is 1. The van der Waals surface area contributed by atoms with Gasteiger partial charge in [-0.15, -0.1) is 21.5 Å². The summed E-state index contributed by atoms with van der Waals surface area (Å²) >= 11 is 2.92. The Morgan fingerprint density at radius 1 is 1.48 bits per heavy atom. The van der Waals surface area contributed by atoms with Crippen LogP contribution >= 0.6 is 23.1 Å². The summed E-state index contributed by atoms with van der Waals surface area (Å²) in [4.78, 5) is 14.1. The molecule has 0 radical (unpaired) electrons. The molecule has 3 N–H and O–H groups in total. The van der Waals surface area contributed by atoms with Gasteiger partial charge in [0, 0.05) is 4.88 Å². The number of thioether (sulfide) groups is 1. The van der Waals surface area contributed by atoms with Crippen molar-refractivity contribution < 1.29 is 4.79 Å². The molecular weight excluding hydrogens is 356 g/mol. The second-order valence-electron chi connectivity index (χ2n) is 5.86. The summed E-state index contributed by atoms with van der Waals surface area (Å²) in [5, 5.41) is 21.6. The van der Waals surface area contributed by atoms with Crippen molar-refractivity contribution in [1.29, 1.82) is 5.26 Å². The van der Waals surface area contributed by atoms with Crippen LogP contribution in [0.3, 0.4) is 0 Å². The highest BCUT2D eigenvalue weighted by molar-refractivity contribution is 7.98. The van der Waals surface area contributed by atoms with E-state index in [-0.39, 0.29) is 11.9 Å². The fourth-order valence-corrected chi connectivity index (χ4v) is 4.96. The molecule has 0 aliphatic heterocycles. The fourth-order valence-electron chi connectivity index (χ4n) is 3.17. The van der Waals surface area contributed by atoms with Crippen LogP contribution in [0.1, 0.15) is 48.2 Å². The van der Waals surface area contributed by atoms with E-state index in [1.54, 1.807) is 4.57 Å². The lowest BCUT2D eigenvalue weighted by molar-refractivity contribution is -0.119. The maximum Gasteiger partial charge on any atom is 0.248 e. The van der Waals surface area contributed by atoms with Crippen molar-refractivity contribution >= 4 is 40.0 Å². The lowest BCUT2D eigenvalue weighted by Gasteiger charge is -2.18. The van der Waals surface area contributed by atoms with Crippen LogP contribution in [0.25, 0.3) is 0 Å². The Morgan fingerprint density at radius 2 is 2.24 bits per heavy atom. The van der Waals surface area contributed by atoms with Crippen molar-refractivity contribution in [3.8, 4) is 6.07 Å². The Kier molecular flexibility index (Phi) is 5.30. The third-order valence-electron chi connectivity index (χ3n) is 4.39. The summed E-state index contributed by atoms with van der Waals surface area (Å²) in [6.45, 7) is 1.92. The van der Waals surface area contributed by atoms with Crippen molar-refractivity contribution in [2.75, 3.05) is 17.3 Å². The molecule has 0 fully saturated rings. The van der Waals surface area contributed by atoms with Gasteiger partial charge in [-0.05, 0) is 43.9 Å². The van der Waals surface area contributed by atoms with E-state index in [2.05, 4.69) is 21.6 Å². The first-order valence-corrected chi connectivity index (χ1v) is 10.2. The van der Waals surface area contributed by atoms with Crippen molar-refractivity contribution in [2.45, 2.75) is 50.2 Å². The number of carbonyl (C=O) groups is 1. The molecule has 132 valence electrons. The number of hydrogen-bond donors (Lipinski definition) is 2. The number of nitrogens with zero attached hydrogens (tertiary/aromatic N) is 4. The summed E-state index contributed by atoms with van der Waals surface area (Å²) in [6.07, 6.45) is 6.54. The van der Waals surface area contributed by atoms with Crippen LogP contribution in [0.4, 0.5) is 10.9 Å². The Balaban J connectivity index is 1.90. The summed E-state index contributed by atoms with van der Waals surface area (Å²) in [5.41, 5.74) is 7.63. The van der Waals surface area contributed by atoms with Gasteiger partial charge >= 0.3 is 0 Å². The standard InChI is InChI=1S/C16H20N6OS2/c1-3-11(22-15(18)20-21-16(22)24-2)13(23)19-14-10(8-17)9-6-4-5-7-12(9)25-14/h11H,3-7H2,1-2H3,(H2,18,20)(H,19,23). The predicted octanol–water partition coefficient (Wildman–Crippen LogP) is 2.98. The molecule has 2 aromatic heterocycles. The van der Waals surface area contributed by atoms with Gasteiger partial charge in [0.1, 0.15) is 17.1 Å². The molecule has 3 rings (SSSR count). The SMILES string of the molecule is CCC(C(=O)Nc1sc2c(c1C#N)CCCC2)n1c(N)nnc1SC. The Labute approximate surface area is 154 Å². The summed E-state index contributed by atoms with van der Waals surface area (Å²) in [6, 6.07) is 1.76. The van der Waals surface area contributed by atoms with Crippen molar-refractivity contribution in [2.24, 2.45) is 0 Å². The van der Waals surface area contributed by atoms with Gasteiger partial charge in [-0.1, -0.05) is 18.7 Å². The molecule has 9 heteroatoms. The maximum atomic E-state index is 12.9. The number of rotatable bonds is 5. The van der Waals surface area contributed by atoms with Crippen molar-refractivity contribution in [1.82, 2.24) is 14.8 Å². The average molecular weight is 377 g/mol. The van der Waals surface area contributed by atoms with Crippen molar-refractivity contribution in [3.05, 3.63) is 16.0 Å². The number of anilines is 2. The quantitative estimate of drug-likeness (QED) is 0.776. The third kappa shape index (κ3) is 3.24. The van der Waals surface area contributed by atoms with Crippen LogP contribution in [0, 0.1) is 11.3 Å². The molecule has 1 amide bonds. The summed E-state index contributed by atoms with van der Waals surface area (Å²) in [7, 11) is 0. The summed E-state index contributed by atoms with van der Waals surface area (Å²) in [5.74, 6) is 0.0247. The zero-order valence-corrected chi connectivity index (χ0v) is 15.8. The van der Waals surface area contributed by atoms with E-state index in [4.69, 9.17) is 5.73 Å². The number of nitrogens with one attached hydrogen (secondary N) is 1. The minimum Gasteiger partial charge on any atom is -0.368 e. The van der Waals surface area contributed by atoms with Crippen molar-refractivity contribution in [3.63, 3.8) is 0 Å². The van der Waals surface area contributed by atoms with E-state index in [9.17, 15) is 10.1 Å². The van der Waals surface area contributed by atoms with E-state index in [1.807, 2.05) is 13.2 Å². The number of fused-ring (bicyclic) bond motifs is 1. The first kappa shape index (κ1) is 17.8. The number of hydrogen-bond acceptors (Lipinski definition) is 7. The number of amides is 1. The van der Waals surface area contributed by atoms with E-state index in [1.165, 1.54) is 28.0 Å². The van der Waals surface area contributed by atoms with Crippen LogP contribution in [0.15, 0.2) is 5.16 Å². The van der Waals surface area contributed by atoms with Crippen LogP contribution in [0.2, 0.25) is 0 Å². The molecule has 0 bridgehead atoms. The molecule has 0 aromatic carbocycles. The monoisotopic (exact) mass is 376 g/mol. The van der Waals surface area contributed by atoms with Crippen LogP contribution in [0.5, 0.6) is 0 Å². The first-order valence-electron chi connectivity index (χ1n) is 8.20. The van der Waals surface area contributed by atoms with Crippen LogP contribution in [-0.4, -0.2) is 26.9 Å². The number of nitriles is 1. The zero-order valence-electron chi connectivity index (χ0n) is 14.2. The molecule has 7 nitrogen and oxygen atoms in total. The molecule has 2 heterocycles. The van der Waals surface area contributed by atoms with E-state index in [0.717, 1.165) is 31.2 Å². The average Bonchev–Trinajstić information content (AvgIpc) is 3.15. The molecular formula is C16H20N6OS2. The first-order chi connectivity index (χ1) is 12.1. The summed E-state index contributed by atoms with van der Waals surface area (Å²) < 4.78 is 1.65. The minimum atomic E-state index is -0.511. The normalized spacial score (nSPS) is 14.6. The molecule has 1 aliphatic rings. The second-order valence-corrected chi connectivity index (χ2v) is 7.73. The Morgan fingerprint density at radius 3 is 2.92 bits per heavy atom. The molecule has 0 saturated heterocycles. The second kappa shape index (κ2) is 7.45. The molecule has 2 aromatic rings. The molecule has 1 unspecified atom stereocenters. The fraction of sp³-hybridized carbons (Fsp3) is 0.500. The molecule has 0 spiro atoms. The lowest BCUT2D eigenvalue weighted by atomic mass is 9.96. The minimum absolute atomic E-state index is 0.195. The zero-order chi connectivity index (χ0) is 18.0. The Bertz CT molecular complexity index is 835. The van der Waals surface area contributed by atoms with E-state index < -0.39 is 6.04 Å². The van der Waals surface area contributed by atoms with Gasteiger partial charge in [-0.2, -0.15) is 5.26 Å². The maximum absolute atomic E-state index is 12.9. The molecule has 0 saturated carbocycles. The predicted molar refractivity (Wildman–Crippen MR) is 99.8 cm³/mol. The highest BCUT2D eigenvalue weighted by atomic mass is 32.2. The molecule has 25 heavy (non-hydrogen) atoms. The van der Waals surface area contributed by atoms with Gasteiger partial charge in [-0.25, -0.2) is 0 Å².